The third-order valence-electron chi connectivity index (χ3n) is 3.52. The van der Waals surface area contributed by atoms with E-state index in [4.69, 9.17) is 4.42 Å². The summed E-state index contributed by atoms with van der Waals surface area (Å²) >= 11 is 0. The zero-order valence-electron chi connectivity index (χ0n) is 10.5. The van der Waals surface area contributed by atoms with E-state index in [0.717, 1.165) is 54.0 Å². The van der Waals surface area contributed by atoms with Crippen LogP contribution in [0.3, 0.4) is 0 Å². The first-order valence-electron chi connectivity index (χ1n) is 6.38. The standard InChI is InChI=1S/C14H16N2O2/c1-9-6-7-10(18-9)8-13-11-4-2-3-5-12(11)14(17)16-15-13/h6-7H,2-5,8H2,1H3,(H,16,17). The number of aromatic nitrogens is 2. The van der Waals surface area contributed by atoms with Crippen molar-refractivity contribution < 1.29 is 4.42 Å². The lowest BCUT2D eigenvalue weighted by Crippen LogP contribution is -2.23. The van der Waals surface area contributed by atoms with E-state index in [1.807, 2.05) is 19.1 Å². The highest BCUT2D eigenvalue weighted by atomic mass is 16.3. The molecule has 0 saturated carbocycles. The van der Waals surface area contributed by atoms with Crippen LogP contribution in [0.2, 0.25) is 0 Å². The summed E-state index contributed by atoms with van der Waals surface area (Å²) in [6, 6.07) is 3.92. The number of H-pyrrole nitrogens is 1. The van der Waals surface area contributed by atoms with Gasteiger partial charge in [0.1, 0.15) is 11.5 Å². The molecule has 0 unspecified atom stereocenters. The van der Waals surface area contributed by atoms with Gasteiger partial charge in [0.25, 0.3) is 5.56 Å². The highest BCUT2D eigenvalue weighted by molar-refractivity contribution is 5.32. The van der Waals surface area contributed by atoms with E-state index < -0.39 is 0 Å². The van der Waals surface area contributed by atoms with Crippen LogP contribution < -0.4 is 5.56 Å². The highest BCUT2D eigenvalue weighted by Gasteiger charge is 2.18. The number of hydrogen-bond acceptors (Lipinski definition) is 3. The monoisotopic (exact) mass is 244 g/mol. The summed E-state index contributed by atoms with van der Waals surface area (Å²) in [6.07, 6.45) is 4.73. The van der Waals surface area contributed by atoms with Crippen molar-refractivity contribution in [1.82, 2.24) is 10.2 Å². The first-order valence-corrected chi connectivity index (χ1v) is 6.38. The van der Waals surface area contributed by atoms with Gasteiger partial charge in [0.2, 0.25) is 0 Å². The second-order valence-corrected chi connectivity index (χ2v) is 4.85. The van der Waals surface area contributed by atoms with Crippen LogP contribution in [0, 0.1) is 6.92 Å². The fraction of sp³-hybridized carbons (Fsp3) is 0.429. The van der Waals surface area contributed by atoms with Crippen molar-refractivity contribution in [3.8, 4) is 0 Å². The van der Waals surface area contributed by atoms with E-state index in [2.05, 4.69) is 10.2 Å². The van der Waals surface area contributed by atoms with Gasteiger partial charge in [0.15, 0.2) is 0 Å². The second kappa shape index (κ2) is 4.44. The van der Waals surface area contributed by atoms with Crippen LogP contribution in [0.1, 0.15) is 41.2 Å². The van der Waals surface area contributed by atoms with Crippen LogP contribution in [-0.4, -0.2) is 10.2 Å². The molecular weight excluding hydrogens is 228 g/mol. The van der Waals surface area contributed by atoms with Gasteiger partial charge < -0.3 is 4.42 Å². The number of aryl methyl sites for hydroxylation is 1. The summed E-state index contributed by atoms with van der Waals surface area (Å²) in [5.41, 5.74) is 3.00. The average molecular weight is 244 g/mol. The van der Waals surface area contributed by atoms with Crippen LogP contribution >= 0.6 is 0 Å². The first kappa shape index (κ1) is 11.3. The molecule has 0 bridgehead atoms. The Hall–Kier alpha value is -1.84. The summed E-state index contributed by atoms with van der Waals surface area (Å²) in [5.74, 6) is 1.81. The van der Waals surface area contributed by atoms with Crippen LogP contribution in [0.4, 0.5) is 0 Å². The number of fused-ring (bicyclic) bond motifs is 1. The third-order valence-corrected chi connectivity index (χ3v) is 3.52. The Labute approximate surface area is 105 Å². The molecule has 1 aliphatic rings. The molecule has 1 aliphatic carbocycles. The topological polar surface area (TPSA) is 58.9 Å². The second-order valence-electron chi connectivity index (χ2n) is 4.85. The normalized spacial score (nSPS) is 14.5. The molecule has 2 heterocycles. The molecule has 2 aromatic rings. The molecule has 3 rings (SSSR count). The van der Waals surface area contributed by atoms with E-state index in [0.29, 0.717) is 6.42 Å². The van der Waals surface area contributed by atoms with Gasteiger partial charge in [-0.25, -0.2) is 5.10 Å². The quantitative estimate of drug-likeness (QED) is 0.880. The highest BCUT2D eigenvalue weighted by Crippen LogP contribution is 2.22. The molecule has 1 N–H and O–H groups in total. The van der Waals surface area contributed by atoms with Gasteiger partial charge in [-0.2, -0.15) is 5.10 Å². The van der Waals surface area contributed by atoms with Crippen LogP contribution in [0.5, 0.6) is 0 Å². The Bertz CT molecular complexity index is 625. The van der Waals surface area contributed by atoms with Crippen molar-refractivity contribution in [3.63, 3.8) is 0 Å². The Kier molecular flexibility index (Phi) is 2.78. The smallest absolute Gasteiger partial charge is 0.267 e. The molecule has 0 atom stereocenters. The number of nitrogens with one attached hydrogen (secondary N) is 1. The van der Waals surface area contributed by atoms with E-state index in [-0.39, 0.29) is 5.56 Å². The minimum Gasteiger partial charge on any atom is -0.466 e. The van der Waals surface area contributed by atoms with Crippen molar-refractivity contribution in [1.29, 1.82) is 0 Å². The van der Waals surface area contributed by atoms with Gasteiger partial charge in [-0.1, -0.05) is 0 Å². The Morgan fingerprint density at radius 2 is 2.06 bits per heavy atom. The predicted octanol–water partition coefficient (Wildman–Crippen LogP) is 2.14. The molecule has 4 heteroatoms. The molecular formula is C14H16N2O2. The average Bonchev–Trinajstić information content (AvgIpc) is 2.79. The van der Waals surface area contributed by atoms with Crippen molar-refractivity contribution in [3.05, 3.63) is 50.8 Å². The minimum absolute atomic E-state index is 0.0240. The summed E-state index contributed by atoms with van der Waals surface area (Å²) in [4.78, 5) is 11.7. The van der Waals surface area contributed by atoms with E-state index in [1.165, 1.54) is 0 Å². The summed E-state index contributed by atoms with van der Waals surface area (Å²) in [5, 5.41) is 6.81. The van der Waals surface area contributed by atoms with Crippen LogP contribution in [0.25, 0.3) is 0 Å². The fourth-order valence-corrected chi connectivity index (χ4v) is 2.62. The maximum atomic E-state index is 11.7. The zero-order chi connectivity index (χ0) is 12.5. The van der Waals surface area contributed by atoms with Crippen LogP contribution in [-0.2, 0) is 19.3 Å². The summed E-state index contributed by atoms with van der Waals surface area (Å²) in [7, 11) is 0. The Morgan fingerprint density at radius 3 is 2.78 bits per heavy atom. The molecule has 4 nitrogen and oxygen atoms in total. The largest absolute Gasteiger partial charge is 0.466 e. The predicted molar refractivity (Wildman–Crippen MR) is 67.8 cm³/mol. The van der Waals surface area contributed by atoms with Crippen molar-refractivity contribution in [2.45, 2.75) is 39.0 Å². The van der Waals surface area contributed by atoms with Gasteiger partial charge in [0.05, 0.1) is 12.1 Å². The zero-order valence-corrected chi connectivity index (χ0v) is 10.5. The van der Waals surface area contributed by atoms with Crippen molar-refractivity contribution in [2.75, 3.05) is 0 Å². The third kappa shape index (κ3) is 1.98. The summed E-state index contributed by atoms with van der Waals surface area (Å²) < 4.78 is 5.58. The first-order chi connectivity index (χ1) is 8.74. The van der Waals surface area contributed by atoms with E-state index in [1.54, 1.807) is 0 Å². The molecule has 2 aromatic heterocycles. The minimum atomic E-state index is -0.0240. The Balaban J connectivity index is 1.99. The number of hydrogen-bond donors (Lipinski definition) is 1. The molecule has 0 amide bonds. The number of aromatic amines is 1. The number of furan rings is 1. The lowest BCUT2D eigenvalue weighted by atomic mass is 9.91. The fourth-order valence-electron chi connectivity index (χ4n) is 2.62. The van der Waals surface area contributed by atoms with Gasteiger partial charge in [-0.05, 0) is 50.3 Å². The maximum absolute atomic E-state index is 11.7. The lowest BCUT2D eigenvalue weighted by Gasteiger charge is -2.16. The Morgan fingerprint density at radius 1 is 1.28 bits per heavy atom. The molecule has 0 radical (unpaired) electrons. The molecule has 0 saturated heterocycles. The molecule has 0 spiro atoms. The van der Waals surface area contributed by atoms with E-state index >= 15 is 0 Å². The maximum Gasteiger partial charge on any atom is 0.267 e. The van der Waals surface area contributed by atoms with Gasteiger partial charge in [-0.3, -0.25) is 4.79 Å². The molecule has 94 valence electrons. The molecule has 18 heavy (non-hydrogen) atoms. The lowest BCUT2D eigenvalue weighted by molar-refractivity contribution is 0.489. The van der Waals surface area contributed by atoms with Gasteiger partial charge in [0, 0.05) is 5.56 Å². The SMILES string of the molecule is Cc1ccc(Cc2n[nH]c(=O)c3c2CCCC3)o1. The molecule has 0 aliphatic heterocycles. The van der Waals surface area contributed by atoms with Crippen molar-refractivity contribution >= 4 is 0 Å². The number of nitrogens with zero attached hydrogens (tertiary/aromatic N) is 1. The van der Waals surface area contributed by atoms with Crippen molar-refractivity contribution in [2.24, 2.45) is 0 Å². The van der Waals surface area contributed by atoms with Crippen LogP contribution in [0.15, 0.2) is 21.3 Å². The molecule has 0 aromatic carbocycles. The number of rotatable bonds is 2. The van der Waals surface area contributed by atoms with E-state index in [9.17, 15) is 4.79 Å². The molecule has 0 fully saturated rings. The summed E-state index contributed by atoms with van der Waals surface area (Å²) in [6.45, 7) is 1.93. The van der Waals surface area contributed by atoms with Gasteiger partial charge in [-0.15, -0.1) is 0 Å². The van der Waals surface area contributed by atoms with Gasteiger partial charge >= 0.3 is 0 Å².